The molecule has 15 nitrogen and oxygen atoms in total. The Labute approximate surface area is 302 Å². The Kier molecular flexibility index (Phi) is 9.69. The molecule has 7 heterocycles. The summed E-state index contributed by atoms with van der Waals surface area (Å²) in [6.07, 6.45) is 3.09. The number of para-hydroxylation sites is 2. The Morgan fingerprint density at radius 2 is 1.75 bits per heavy atom. The average molecular weight is 738 g/mol. The minimum atomic E-state index is -2.82. The Morgan fingerprint density at radius 1 is 1.00 bits per heavy atom. The summed E-state index contributed by atoms with van der Waals surface area (Å²) < 4.78 is 35.3. The Morgan fingerprint density at radius 3 is 2.54 bits per heavy atom. The number of hydrogen-bond donors (Lipinski definition) is 3. The van der Waals surface area contributed by atoms with Crippen molar-refractivity contribution in [2.24, 2.45) is 5.41 Å². The molecule has 8 rings (SSSR count). The topological polar surface area (TPSA) is 163 Å². The van der Waals surface area contributed by atoms with E-state index in [9.17, 15) is 23.2 Å². The zero-order valence-corrected chi connectivity index (χ0v) is 29.4. The number of unbranched alkanes of at least 4 members (excludes halogenated alkanes) is 1. The van der Waals surface area contributed by atoms with Crippen LogP contribution < -0.4 is 25.8 Å². The number of likely N-dealkylation sites (tertiary alicyclic amines) is 1. The standard InChI is InChI=1S/C34H41F2N11O4S/c35-28(36)29-37-21-6-1-2-7-23(21)47(29)32-42-30(45-12-14-51-15-13-45)41-31(43-32)46-19-34(20-46)17-44(18-34)11-5-10-26(49)39-25(48)9-4-3-8-24-27-22(16-52-24)38-33(50)40-27/h1-2,5-7,10,22,24,27-28H,3-4,8-9,11-20H2,(H2,38,40,50)(H,39,48,49)/t22-,24-,27-/m0/s1. The second-order valence-electron chi connectivity index (χ2n) is 14.1. The summed E-state index contributed by atoms with van der Waals surface area (Å²) in [6.45, 7) is 5.83. The fourth-order valence-corrected chi connectivity index (χ4v) is 9.40. The molecular weight excluding hydrogens is 697 g/mol. The van der Waals surface area contributed by atoms with Crippen LogP contribution in [-0.4, -0.2) is 129 Å². The molecule has 276 valence electrons. The van der Waals surface area contributed by atoms with Gasteiger partial charge in [-0.25, -0.2) is 18.6 Å². The number of fused-ring (bicyclic) bond motifs is 2. The minimum Gasteiger partial charge on any atom is -0.378 e. The molecule has 1 spiro atoms. The lowest BCUT2D eigenvalue weighted by Crippen LogP contribution is -2.72. The zero-order chi connectivity index (χ0) is 35.8. The summed E-state index contributed by atoms with van der Waals surface area (Å²) in [7, 11) is 0. The summed E-state index contributed by atoms with van der Waals surface area (Å²) in [6, 6.07) is 7.19. The van der Waals surface area contributed by atoms with Gasteiger partial charge in [0.1, 0.15) is 0 Å². The van der Waals surface area contributed by atoms with Crippen LogP contribution >= 0.6 is 11.8 Å². The number of aromatic nitrogens is 5. The van der Waals surface area contributed by atoms with E-state index in [1.165, 1.54) is 10.6 Å². The van der Waals surface area contributed by atoms with Gasteiger partial charge in [-0.3, -0.25) is 24.4 Å². The summed E-state index contributed by atoms with van der Waals surface area (Å²) in [5.41, 5.74) is 0.980. The number of imide groups is 1. The van der Waals surface area contributed by atoms with Gasteiger partial charge in [0.05, 0.1) is 36.3 Å². The van der Waals surface area contributed by atoms with Crippen LogP contribution in [0, 0.1) is 5.41 Å². The van der Waals surface area contributed by atoms with E-state index in [1.54, 1.807) is 30.3 Å². The van der Waals surface area contributed by atoms with Crippen LogP contribution in [0.1, 0.15) is 37.9 Å². The predicted molar refractivity (Wildman–Crippen MR) is 190 cm³/mol. The Hall–Kier alpha value is -4.42. The number of nitrogens with zero attached hydrogens (tertiary/aromatic N) is 8. The van der Waals surface area contributed by atoms with Gasteiger partial charge in [0.25, 0.3) is 6.43 Å². The second-order valence-corrected chi connectivity index (χ2v) is 15.4. The van der Waals surface area contributed by atoms with Crippen molar-refractivity contribution in [3.8, 4) is 5.95 Å². The third kappa shape index (κ3) is 7.15. The number of anilines is 2. The van der Waals surface area contributed by atoms with Crippen molar-refractivity contribution in [3.05, 3.63) is 42.2 Å². The Balaban J connectivity index is 0.820. The van der Waals surface area contributed by atoms with Crippen molar-refractivity contribution >= 4 is 52.5 Å². The van der Waals surface area contributed by atoms with Crippen molar-refractivity contribution in [3.63, 3.8) is 0 Å². The molecule has 5 saturated heterocycles. The van der Waals surface area contributed by atoms with E-state index in [0.29, 0.717) is 80.5 Å². The van der Waals surface area contributed by atoms with Crippen LogP contribution in [0.25, 0.3) is 17.0 Å². The number of morpholine rings is 1. The third-order valence-electron chi connectivity index (χ3n) is 10.3. The number of imidazole rings is 1. The highest BCUT2D eigenvalue weighted by Gasteiger charge is 2.52. The van der Waals surface area contributed by atoms with Crippen LogP contribution in [0.5, 0.6) is 0 Å². The molecule has 3 aromatic rings. The van der Waals surface area contributed by atoms with Gasteiger partial charge in [-0.1, -0.05) is 24.6 Å². The summed E-state index contributed by atoms with van der Waals surface area (Å²) in [5.74, 6) is 0.728. The van der Waals surface area contributed by atoms with Crippen LogP contribution in [0.15, 0.2) is 36.4 Å². The molecule has 4 amide bonds. The van der Waals surface area contributed by atoms with E-state index in [0.717, 1.165) is 31.7 Å². The first-order valence-electron chi connectivity index (χ1n) is 17.7. The van der Waals surface area contributed by atoms with Gasteiger partial charge in [-0.05, 0) is 25.0 Å². The van der Waals surface area contributed by atoms with Crippen LogP contribution in [0.3, 0.4) is 0 Å². The number of alkyl halides is 2. The maximum atomic E-state index is 14.2. The molecule has 18 heteroatoms. The van der Waals surface area contributed by atoms with Gasteiger partial charge in [0.2, 0.25) is 29.7 Å². The molecule has 5 fully saturated rings. The van der Waals surface area contributed by atoms with Crippen LogP contribution in [0.4, 0.5) is 25.5 Å². The number of nitrogens with one attached hydrogen (secondary N) is 3. The first-order chi connectivity index (χ1) is 25.2. The quantitative estimate of drug-likeness (QED) is 0.141. The van der Waals surface area contributed by atoms with Gasteiger partial charge in [-0.15, -0.1) is 0 Å². The molecule has 52 heavy (non-hydrogen) atoms. The van der Waals surface area contributed by atoms with Gasteiger partial charge in [0, 0.05) is 74.7 Å². The molecule has 1 aromatic carbocycles. The highest BCUT2D eigenvalue weighted by Crippen LogP contribution is 2.41. The Bertz CT molecular complexity index is 1860. The summed E-state index contributed by atoms with van der Waals surface area (Å²) in [5, 5.41) is 8.71. The van der Waals surface area contributed by atoms with E-state index >= 15 is 0 Å². The molecule has 0 radical (unpaired) electrons. The largest absolute Gasteiger partial charge is 0.378 e. The number of benzene rings is 1. The van der Waals surface area contributed by atoms with Crippen molar-refractivity contribution < 1.29 is 27.9 Å². The third-order valence-corrected chi connectivity index (χ3v) is 11.8. The molecule has 0 aliphatic carbocycles. The number of urea groups is 1. The van der Waals surface area contributed by atoms with Crippen molar-refractivity contribution in [1.82, 2.24) is 45.4 Å². The number of amides is 4. The number of hydrogen-bond acceptors (Lipinski definition) is 12. The maximum Gasteiger partial charge on any atom is 0.315 e. The van der Waals surface area contributed by atoms with E-state index in [1.807, 2.05) is 16.7 Å². The number of ether oxygens (including phenoxy) is 1. The lowest BCUT2D eigenvalue weighted by molar-refractivity contribution is -0.128. The number of carbonyl (C=O) groups excluding carboxylic acids is 3. The molecule has 0 saturated carbocycles. The molecule has 0 unspecified atom stereocenters. The average Bonchev–Trinajstić information content (AvgIpc) is 3.79. The van der Waals surface area contributed by atoms with Gasteiger partial charge in [-0.2, -0.15) is 26.7 Å². The molecule has 0 bridgehead atoms. The monoisotopic (exact) mass is 737 g/mol. The highest BCUT2D eigenvalue weighted by atomic mass is 32.2. The van der Waals surface area contributed by atoms with Gasteiger partial charge in [0.15, 0.2) is 5.82 Å². The first kappa shape index (κ1) is 34.7. The number of thioether (sulfide) groups is 1. The zero-order valence-electron chi connectivity index (χ0n) is 28.5. The van der Waals surface area contributed by atoms with E-state index in [2.05, 4.69) is 35.7 Å². The molecule has 5 aliphatic heterocycles. The SMILES string of the molecule is O=C(C=CCN1CC2(C1)CN(c1nc(N3CCOCC3)nc(-n3c(C(F)F)nc4ccccc43)n1)C2)NC(=O)CCCC[C@@H]1SC[C@@H]2NC(=O)N[C@@H]21. The summed E-state index contributed by atoms with van der Waals surface area (Å²) >= 11 is 1.85. The number of halogens is 2. The van der Waals surface area contributed by atoms with E-state index in [4.69, 9.17) is 14.7 Å². The van der Waals surface area contributed by atoms with Crippen LogP contribution in [-0.2, 0) is 14.3 Å². The first-order valence-corrected chi connectivity index (χ1v) is 18.8. The van der Waals surface area contributed by atoms with Crippen molar-refractivity contribution in [2.75, 3.05) is 74.6 Å². The van der Waals surface area contributed by atoms with Gasteiger partial charge >= 0.3 is 6.03 Å². The van der Waals surface area contributed by atoms with Crippen molar-refractivity contribution in [2.45, 2.75) is 49.4 Å². The molecular formula is C34H41F2N11O4S. The maximum absolute atomic E-state index is 14.2. The number of rotatable bonds is 12. The molecule has 5 aliphatic rings. The number of carbonyl (C=O) groups is 3. The molecule has 3 atom stereocenters. The fraction of sp³-hybridized carbons (Fsp3) is 0.559. The fourth-order valence-electron chi connectivity index (χ4n) is 7.85. The molecule has 3 N–H and O–H groups in total. The van der Waals surface area contributed by atoms with E-state index in [-0.39, 0.29) is 41.8 Å². The van der Waals surface area contributed by atoms with Gasteiger partial charge < -0.3 is 25.2 Å². The molecule has 2 aromatic heterocycles. The second kappa shape index (κ2) is 14.5. The summed E-state index contributed by atoms with van der Waals surface area (Å²) in [4.78, 5) is 60.8. The highest BCUT2D eigenvalue weighted by molar-refractivity contribution is 8.00. The van der Waals surface area contributed by atoms with Crippen molar-refractivity contribution in [1.29, 1.82) is 0 Å². The van der Waals surface area contributed by atoms with E-state index < -0.39 is 18.2 Å². The normalized spacial score (nSPS) is 23.9. The van der Waals surface area contributed by atoms with Crippen LogP contribution in [0.2, 0.25) is 0 Å². The lowest BCUT2D eigenvalue weighted by Gasteiger charge is -2.60. The lowest BCUT2D eigenvalue weighted by atomic mass is 9.73. The minimum absolute atomic E-state index is 0.0472. The smallest absolute Gasteiger partial charge is 0.315 e. The predicted octanol–water partition coefficient (Wildman–Crippen LogP) is 2.03.